The quantitative estimate of drug-likeness (QED) is 0.0113. The van der Waals surface area contributed by atoms with E-state index in [1.54, 1.807) is 42.7 Å². The molecule has 0 bridgehead atoms. The number of halogens is 5. The molecule has 12 aromatic rings. The summed E-state index contributed by atoms with van der Waals surface area (Å²) in [6.45, 7) is 11.6. The van der Waals surface area contributed by atoms with Crippen LogP contribution < -0.4 is 24.3 Å². The van der Waals surface area contributed by atoms with Gasteiger partial charge in [0.2, 0.25) is 23.5 Å². The highest BCUT2D eigenvalue weighted by atomic mass is 79.9. The molecule has 3 unspecified atom stereocenters. The smallest absolute Gasteiger partial charge is 0.236 e. The Labute approximate surface area is 743 Å². The number of hydrogen-bond acceptors (Lipinski definition) is 20. The number of aldehydes is 1. The van der Waals surface area contributed by atoms with Crippen molar-refractivity contribution < 1.29 is 49.0 Å². The van der Waals surface area contributed by atoms with Crippen molar-refractivity contribution in [2.45, 2.75) is 79.0 Å². The average molecular weight is 1860 g/mol. The maximum atomic E-state index is 11.7. The molecule has 0 saturated carbocycles. The predicted octanol–water partition coefficient (Wildman–Crippen LogP) is 19.4. The molecule has 4 aromatic heterocycles. The lowest BCUT2D eigenvalue weighted by atomic mass is 9.89. The minimum atomic E-state index is -0.545. The Morgan fingerprint density at radius 3 is 1.26 bits per heavy atom. The molecule has 25 heteroatoms. The van der Waals surface area contributed by atoms with E-state index in [2.05, 4.69) is 180 Å². The highest BCUT2D eigenvalue weighted by molar-refractivity contribution is 9.10. The molecule has 0 amide bonds. The second-order valence-corrected chi connectivity index (χ2v) is 32.5. The van der Waals surface area contributed by atoms with Crippen LogP contribution in [0.15, 0.2) is 228 Å². The van der Waals surface area contributed by atoms with Crippen molar-refractivity contribution in [3.05, 3.63) is 327 Å². The van der Waals surface area contributed by atoms with Crippen LogP contribution in [0, 0.1) is 50.4 Å². The van der Waals surface area contributed by atoms with Gasteiger partial charge in [0, 0.05) is 88.7 Å². The van der Waals surface area contributed by atoms with Gasteiger partial charge < -0.3 is 59.4 Å². The zero-order valence-corrected chi connectivity index (χ0v) is 75.3. The number of Topliss-reactive ketones (excluding diaryl/α,β-unsaturated/α-hetero) is 1. The van der Waals surface area contributed by atoms with Crippen LogP contribution in [0.25, 0.3) is 44.5 Å². The summed E-state index contributed by atoms with van der Waals surface area (Å²) in [5, 5.41) is 62.4. The summed E-state index contributed by atoms with van der Waals surface area (Å²) >= 11 is 22.9. The number of aliphatic hydroxyl groups excluding tert-OH is 4. The van der Waals surface area contributed by atoms with Crippen LogP contribution >= 0.6 is 71.0 Å². The van der Waals surface area contributed by atoms with E-state index in [0.717, 1.165) is 115 Å². The van der Waals surface area contributed by atoms with Crippen molar-refractivity contribution in [3.63, 3.8) is 0 Å². The molecular formula is C96H97Br3Cl2N10O10. The third kappa shape index (κ3) is 27.5. The molecular weight excluding hydrogens is 1760 g/mol. The Morgan fingerprint density at radius 1 is 0.479 bits per heavy atom. The highest BCUT2D eigenvalue weighted by Gasteiger charge is 2.21. The summed E-state index contributed by atoms with van der Waals surface area (Å²) in [5.41, 5.74) is 21.8. The van der Waals surface area contributed by atoms with Crippen LogP contribution in [0.3, 0.4) is 0 Å². The van der Waals surface area contributed by atoms with E-state index in [4.69, 9.17) is 47.4 Å². The van der Waals surface area contributed by atoms with Gasteiger partial charge in [0.25, 0.3) is 0 Å². The molecule has 5 N–H and O–H groups in total. The van der Waals surface area contributed by atoms with Crippen molar-refractivity contribution in [2.75, 3.05) is 80.4 Å². The summed E-state index contributed by atoms with van der Waals surface area (Å²) in [7, 11) is 11.7. The fraction of sp³-hybridized carbons (Fsp3) is 0.250. The number of nitrogens with zero attached hydrogens (tertiary/aromatic N) is 9. The maximum absolute atomic E-state index is 11.7. The summed E-state index contributed by atoms with van der Waals surface area (Å²) in [6.07, 6.45) is 5.31. The predicted molar refractivity (Wildman–Crippen MR) is 488 cm³/mol. The number of ketones is 1. The standard InChI is InChI=1S/C40H42ClN5O4.C38H35ClN4O4.C10H14BrNO.C8H6Br2O/c1-26-32(7-5-9-35(26)36-10-6-8-34(27(36)2)30-11-13-31(14-12-30)38(48)23-46(3)4)25-50-40-37(41)18-33(22-43-15-16-47)39(45-40)49-24-29-17-28(19-42)20-44-21-29;1-24-30(23-47-38-35(39)16-31(21-44)37(42-38)46-22-27-15-26(17-40)18-41-19-27)7-5-9-33(24)34-10-6-8-32(25(34)2)28-11-13-29(14-12-28)36(45)20-43(3)4;1-12(2)7-10(13)8-3-5-9(11)6-4-8;9-5-8(11)6-1-3-7(10)4-2-6/h5-14,17-18,20-21,38,43,47-48H,15-16,22-25H2,1-4H3;5-16,18-19,21,36,45H,20,22-23H2,1-4H3;3-6,10,13H,7H2,1-2H3;1-4H,5H2. The van der Waals surface area contributed by atoms with E-state index < -0.39 is 18.3 Å². The Morgan fingerprint density at radius 2 is 0.851 bits per heavy atom. The third-order valence-electron chi connectivity index (χ3n) is 19.5. The van der Waals surface area contributed by atoms with E-state index in [1.165, 1.54) is 18.5 Å². The Hall–Kier alpha value is -10.4. The van der Waals surface area contributed by atoms with Crippen LogP contribution in [0.2, 0.25) is 10.0 Å². The van der Waals surface area contributed by atoms with Crippen LogP contribution in [-0.2, 0) is 33.0 Å². The number of alkyl halides is 1. The number of carbonyl (C=O) groups excluding carboxylic acids is 2. The number of hydrogen-bond donors (Lipinski definition) is 5. The molecule has 0 radical (unpaired) electrons. The minimum Gasteiger partial charge on any atom is -0.472 e. The van der Waals surface area contributed by atoms with E-state index >= 15 is 0 Å². The van der Waals surface area contributed by atoms with Gasteiger partial charge in [0.15, 0.2) is 12.1 Å². The number of nitriles is 2. The number of likely N-dealkylation sites (N-methyl/N-ethyl adjacent to an activating group) is 3. The number of carbonyl (C=O) groups is 2. The highest BCUT2D eigenvalue weighted by Crippen LogP contribution is 2.39. The lowest BCUT2D eigenvalue weighted by Crippen LogP contribution is -2.19. The zero-order valence-electron chi connectivity index (χ0n) is 69.0. The molecule has 3 atom stereocenters. The molecule has 12 rings (SSSR count). The number of aliphatic hydroxyl groups is 4. The molecule has 8 aromatic carbocycles. The molecule has 0 aliphatic rings. The van der Waals surface area contributed by atoms with Crippen molar-refractivity contribution in [2.24, 2.45) is 0 Å². The first kappa shape index (κ1) is 94.4. The lowest BCUT2D eigenvalue weighted by Gasteiger charge is -2.18. The molecule has 0 fully saturated rings. The van der Waals surface area contributed by atoms with Gasteiger partial charge in [-0.1, -0.05) is 217 Å². The fourth-order valence-electron chi connectivity index (χ4n) is 13.0. The van der Waals surface area contributed by atoms with Gasteiger partial charge in [-0.05, 0) is 213 Å². The van der Waals surface area contributed by atoms with Crippen LogP contribution in [-0.4, -0.2) is 148 Å². The number of nitrogens with one attached hydrogen (secondary N) is 1. The second kappa shape index (κ2) is 47.1. The molecule has 0 saturated heterocycles. The van der Waals surface area contributed by atoms with Gasteiger partial charge in [-0.25, -0.2) is 0 Å². The first-order valence-corrected chi connectivity index (χ1v) is 42.2. The average Bonchev–Trinajstić information content (AvgIpc) is 0.792. The van der Waals surface area contributed by atoms with Crippen molar-refractivity contribution in [3.8, 4) is 80.2 Å². The summed E-state index contributed by atoms with van der Waals surface area (Å²) < 4.78 is 26.2. The SMILES string of the molecule is CN(C)CC(O)c1ccc(Br)cc1.Cc1c(COc2nc(OCc3cncc(C#N)c3)c(C=O)cc2Cl)cccc1-c1cccc(-c2ccc(C(O)CN(C)C)cc2)c1C.Cc1c(COc2nc(OCc3cncc(C#N)c3)c(CNCCO)cc2Cl)cccc1-c1cccc(-c2ccc(C(O)CN(C)C)cc2)c1C.O=C(CBr)c1ccc(Br)cc1. The van der Waals surface area contributed by atoms with Crippen LogP contribution in [0.5, 0.6) is 23.5 Å². The monoisotopic (exact) mass is 1860 g/mol. The molecule has 626 valence electrons. The van der Waals surface area contributed by atoms with Crippen LogP contribution in [0.1, 0.15) is 117 Å². The van der Waals surface area contributed by atoms with Gasteiger partial charge in [0.1, 0.15) is 48.6 Å². The van der Waals surface area contributed by atoms with Crippen molar-refractivity contribution >= 4 is 83.1 Å². The number of benzene rings is 8. The third-order valence-corrected chi connectivity index (χ3v) is 21.6. The Kier molecular flexibility index (Phi) is 36.8. The fourth-order valence-corrected chi connectivity index (χ4v) is 14.3. The number of ether oxygens (including phenoxy) is 4. The summed E-state index contributed by atoms with van der Waals surface area (Å²) in [4.78, 5) is 45.9. The summed E-state index contributed by atoms with van der Waals surface area (Å²) in [6, 6.07) is 66.9. The summed E-state index contributed by atoms with van der Waals surface area (Å²) in [5.74, 6) is 0.879. The van der Waals surface area contributed by atoms with E-state index in [0.29, 0.717) is 77.5 Å². The van der Waals surface area contributed by atoms with Gasteiger partial charge in [-0.15, -0.1) is 0 Å². The van der Waals surface area contributed by atoms with Gasteiger partial charge in [-0.3, -0.25) is 19.6 Å². The molecule has 0 aliphatic carbocycles. The lowest BCUT2D eigenvalue weighted by molar-refractivity contribution is 0.102. The largest absolute Gasteiger partial charge is 0.472 e. The Balaban J connectivity index is 0.000000215. The van der Waals surface area contributed by atoms with Crippen LogP contribution in [0.4, 0.5) is 0 Å². The topological polar surface area (TPSA) is 273 Å². The van der Waals surface area contributed by atoms with E-state index in [-0.39, 0.29) is 67.0 Å². The first-order chi connectivity index (χ1) is 58.2. The molecule has 20 nitrogen and oxygen atoms in total. The molecule has 0 spiro atoms. The maximum Gasteiger partial charge on any atom is 0.236 e. The van der Waals surface area contributed by atoms with Gasteiger partial charge >= 0.3 is 0 Å². The minimum absolute atomic E-state index is 0.0111. The second-order valence-electron chi connectivity index (χ2n) is 29.3. The normalized spacial score (nSPS) is 11.7. The molecule has 0 aliphatic heterocycles. The van der Waals surface area contributed by atoms with E-state index in [9.17, 15) is 35.3 Å². The zero-order chi connectivity index (χ0) is 87.2. The Bertz CT molecular complexity index is 5540. The van der Waals surface area contributed by atoms with E-state index in [1.807, 2.05) is 148 Å². The van der Waals surface area contributed by atoms with Crippen molar-refractivity contribution in [1.29, 1.82) is 10.5 Å². The van der Waals surface area contributed by atoms with Gasteiger partial charge in [0.05, 0.1) is 46.9 Å². The van der Waals surface area contributed by atoms with Crippen molar-refractivity contribution in [1.82, 2.24) is 40.0 Å². The first-order valence-electron chi connectivity index (χ1n) is 38.7. The molecule has 4 heterocycles. The number of aromatic nitrogens is 4. The number of pyridine rings is 4. The number of rotatable bonds is 32. The molecule has 121 heavy (non-hydrogen) atoms. The van der Waals surface area contributed by atoms with Gasteiger partial charge in [-0.2, -0.15) is 20.5 Å².